The zero-order chi connectivity index (χ0) is 70.7. The van der Waals surface area contributed by atoms with Crippen molar-refractivity contribution in [3.05, 3.63) is 247 Å². The van der Waals surface area contributed by atoms with Crippen LogP contribution in [0.15, 0.2) is 200 Å². The van der Waals surface area contributed by atoms with Gasteiger partial charge in [0.05, 0.1) is 17.8 Å². The normalized spacial score (nSPS) is 16.8. The number of benzene rings is 9. The molecule has 86 heavy (non-hydrogen) atoms. The molecule has 0 amide bonds. The smallest absolute Gasteiger partial charge is 0.135 e. The van der Waals surface area contributed by atoms with Gasteiger partial charge in [0.2, 0.25) is 0 Å². The van der Waals surface area contributed by atoms with Crippen LogP contribution in [0, 0.1) is 18.8 Å². The third-order valence-corrected chi connectivity index (χ3v) is 17.2. The molecule has 1 aliphatic carbocycles. The van der Waals surface area contributed by atoms with E-state index < -0.39 is 41.0 Å². The van der Waals surface area contributed by atoms with Crippen LogP contribution < -0.4 is 14.5 Å². The number of rotatable bonds is 9. The first-order valence-electron chi connectivity index (χ1n) is 35.7. The largest absolute Gasteiger partial charge is 0.509 e. The molecule has 0 spiro atoms. The standard InChI is InChI=1S/C80H77N4O.Pt/c1-76(2,3)57-37-34-53(35-38-57)52-30-32-55(33-31-52)64-45-58(77(4,5)6)46-65(56-36-41-67-69(44-56)80(12,13)43-42-79(67,10)11)75(64)83-51-82(71-28-19-20-29-72(71)83)59-24-21-25-60(47-59)85-61-39-40-63-62-26-17-18-27-70(62)84(73(63)48-61)74-49-68(78(7,8)9)66(50-81-74)54-22-15-14-16-23-54;/h14-41,44-46,49-51H,42-43H2,1-13H3;/q-3;/i14D,15D,16D,17D,18D,22D,23D,26D,27D,30D,31D,32D,33D;. The molecule has 0 fully saturated rings. The molecule has 0 bridgehead atoms. The van der Waals surface area contributed by atoms with Crippen molar-refractivity contribution in [3.63, 3.8) is 0 Å². The Bertz CT molecular complexity index is 5120. The van der Waals surface area contributed by atoms with Gasteiger partial charge in [-0.05, 0) is 137 Å². The maximum absolute atomic E-state index is 10.1. The summed E-state index contributed by atoms with van der Waals surface area (Å²) in [6, 6.07) is 40.0. The third kappa shape index (κ3) is 10.7. The fraction of sp³-hybridized carbons (Fsp3) is 0.250. The molecule has 1 aliphatic heterocycles. The molecule has 0 unspecified atom stereocenters. The third-order valence-electron chi connectivity index (χ3n) is 17.2. The number of anilines is 4. The Labute approximate surface area is 543 Å². The minimum Gasteiger partial charge on any atom is -0.509 e. The van der Waals surface area contributed by atoms with Crippen molar-refractivity contribution >= 4 is 44.6 Å². The number of hydrogen-bond acceptors (Lipinski definition) is 4. The summed E-state index contributed by atoms with van der Waals surface area (Å²) in [6.45, 7) is 29.8. The quantitative estimate of drug-likeness (QED) is 0.135. The maximum Gasteiger partial charge on any atom is 0.135 e. The maximum atomic E-state index is 10.1. The van der Waals surface area contributed by atoms with E-state index in [1.807, 2.05) is 99.1 Å². The summed E-state index contributed by atoms with van der Waals surface area (Å²) < 4.78 is 127. The van der Waals surface area contributed by atoms with Crippen molar-refractivity contribution in [3.8, 4) is 61.8 Å². The van der Waals surface area contributed by atoms with Crippen LogP contribution in [0.2, 0.25) is 0 Å². The van der Waals surface area contributed by atoms with Crippen molar-refractivity contribution < 1.29 is 43.6 Å². The SMILES string of the molecule is [2H]c1c([2H])c([2H])c(-c2cnc(-n3c4[c-]c(Oc5[c-]c(N6[CH-]N(c7c(-c8ccc9c(c8)C(C)(C)CCC9(C)C)cc(C(C)(C)C)cc7-c7c([2H])c([2H])c(-c8ccc(C(C)(C)C)cc8)c([2H])c7[2H])c7ccccc76)ccc5)ccc4c4c([2H])c([2H])c([2H])c([2H])c43)cc2C(C)(C)C)c([2H])c1[2H].[Pt]. The summed E-state index contributed by atoms with van der Waals surface area (Å²) in [5.74, 6) is 0.724. The van der Waals surface area contributed by atoms with Gasteiger partial charge in [0.1, 0.15) is 5.82 Å². The van der Waals surface area contributed by atoms with Gasteiger partial charge in [-0.3, -0.25) is 0 Å². The van der Waals surface area contributed by atoms with Crippen LogP contribution in [0.4, 0.5) is 22.7 Å². The van der Waals surface area contributed by atoms with E-state index in [0.29, 0.717) is 44.5 Å². The van der Waals surface area contributed by atoms with Gasteiger partial charge in [0.25, 0.3) is 0 Å². The van der Waals surface area contributed by atoms with E-state index >= 15 is 0 Å². The number of aromatic nitrogens is 2. The van der Waals surface area contributed by atoms with E-state index in [-0.39, 0.29) is 131 Å². The molecule has 2 aliphatic rings. The van der Waals surface area contributed by atoms with E-state index in [0.717, 1.165) is 46.5 Å². The predicted octanol–water partition coefficient (Wildman–Crippen LogP) is 21.9. The molecule has 0 atom stereocenters. The van der Waals surface area contributed by atoms with Crippen LogP contribution in [-0.2, 0) is 48.1 Å². The van der Waals surface area contributed by atoms with Gasteiger partial charge in [-0.2, -0.15) is 12.1 Å². The van der Waals surface area contributed by atoms with Crippen molar-refractivity contribution in [2.45, 2.75) is 130 Å². The van der Waals surface area contributed by atoms with E-state index in [9.17, 15) is 8.22 Å². The molecule has 0 radical (unpaired) electrons. The fourth-order valence-corrected chi connectivity index (χ4v) is 12.1. The average Bonchev–Trinajstić information content (AvgIpc) is 1.63. The number of pyridine rings is 1. The zero-order valence-electron chi connectivity index (χ0n) is 64.1. The number of nitrogens with zero attached hydrogens (tertiary/aromatic N) is 4. The average molecular weight is 1320 g/mol. The van der Waals surface area contributed by atoms with Crippen LogP contribution in [0.1, 0.15) is 148 Å². The van der Waals surface area contributed by atoms with Gasteiger partial charge in [-0.1, -0.05) is 223 Å². The number of ether oxygens (including phenoxy) is 1. The predicted molar refractivity (Wildman–Crippen MR) is 357 cm³/mol. The molecular weight excluding hydrogens is 1230 g/mol. The van der Waals surface area contributed by atoms with Crippen molar-refractivity contribution in [1.82, 2.24) is 9.55 Å². The first kappa shape index (κ1) is 44.5. The second kappa shape index (κ2) is 21.8. The summed E-state index contributed by atoms with van der Waals surface area (Å²) in [6.07, 6.45) is 3.48. The Morgan fingerprint density at radius 2 is 1.12 bits per heavy atom. The Morgan fingerprint density at radius 3 is 1.80 bits per heavy atom. The second-order valence-corrected chi connectivity index (χ2v) is 27.1. The van der Waals surface area contributed by atoms with E-state index in [1.54, 1.807) is 28.8 Å². The van der Waals surface area contributed by atoms with Crippen LogP contribution in [-0.4, -0.2) is 9.55 Å². The molecule has 2 aromatic heterocycles. The summed E-state index contributed by atoms with van der Waals surface area (Å²) in [7, 11) is 0. The van der Waals surface area contributed by atoms with E-state index in [1.165, 1.54) is 17.3 Å². The van der Waals surface area contributed by atoms with Crippen LogP contribution in [0.5, 0.6) is 11.5 Å². The van der Waals surface area contributed by atoms with Crippen molar-refractivity contribution in [2.24, 2.45) is 0 Å². The Kier molecular flexibility index (Phi) is 11.3. The summed E-state index contributed by atoms with van der Waals surface area (Å²) >= 11 is 0. The van der Waals surface area contributed by atoms with Gasteiger partial charge < -0.3 is 19.1 Å². The zero-order valence-corrected chi connectivity index (χ0v) is 53.3. The molecule has 9 aromatic carbocycles. The molecular formula is C80H77N4OPt-3. The minimum absolute atomic E-state index is 0. The van der Waals surface area contributed by atoms with E-state index in [2.05, 4.69) is 111 Å². The topological polar surface area (TPSA) is 33.5 Å². The molecule has 11 aromatic rings. The Morgan fingerprint density at radius 1 is 0.512 bits per heavy atom. The van der Waals surface area contributed by atoms with Crippen LogP contribution >= 0.6 is 0 Å². The first-order chi connectivity index (χ1) is 45.9. The Hall–Kier alpha value is -7.98. The minimum atomic E-state index is -0.711. The second-order valence-electron chi connectivity index (χ2n) is 27.1. The van der Waals surface area contributed by atoms with E-state index in [4.69, 9.17) is 19.3 Å². The van der Waals surface area contributed by atoms with Crippen molar-refractivity contribution in [2.75, 3.05) is 9.80 Å². The number of hydrogen-bond donors (Lipinski definition) is 0. The van der Waals surface area contributed by atoms with Crippen LogP contribution in [0.3, 0.4) is 0 Å². The van der Waals surface area contributed by atoms with Gasteiger partial charge in [0.15, 0.2) is 0 Å². The number of fused-ring (bicyclic) bond motifs is 5. The van der Waals surface area contributed by atoms with Crippen LogP contribution in [0.25, 0.3) is 72.1 Å². The number of para-hydroxylation sites is 3. The van der Waals surface area contributed by atoms with Gasteiger partial charge >= 0.3 is 0 Å². The molecule has 3 heterocycles. The fourth-order valence-electron chi connectivity index (χ4n) is 12.1. The molecule has 13 rings (SSSR count). The Balaban J connectivity index is 0.00000931. The summed E-state index contributed by atoms with van der Waals surface area (Å²) in [4.78, 5) is 8.96. The molecule has 5 nitrogen and oxygen atoms in total. The molecule has 6 heteroatoms. The van der Waals surface area contributed by atoms with Gasteiger partial charge in [0, 0.05) is 78.0 Å². The van der Waals surface area contributed by atoms with Crippen molar-refractivity contribution in [1.29, 1.82) is 0 Å². The monoisotopic (exact) mass is 1320 g/mol. The molecule has 0 saturated heterocycles. The molecule has 0 N–H and O–H groups in total. The molecule has 436 valence electrons. The first-order valence-corrected chi connectivity index (χ1v) is 29.2. The summed E-state index contributed by atoms with van der Waals surface area (Å²) in [5, 5.41) is 0.654. The van der Waals surface area contributed by atoms with Gasteiger partial charge in [-0.15, -0.1) is 48.1 Å². The summed E-state index contributed by atoms with van der Waals surface area (Å²) in [5.41, 5.74) is 10.4. The van der Waals surface area contributed by atoms with Gasteiger partial charge in [-0.25, -0.2) is 4.98 Å². The molecule has 0 saturated carbocycles.